The fourth-order valence-corrected chi connectivity index (χ4v) is 5.32. The molecule has 5 rings (SSSR count). The van der Waals surface area contributed by atoms with Crippen LogP contribution in [0.1, 0.15) is 19.8 Å². The molecule has 0 amide bonds. The Labute approximate surface area is 211 Å². The van der Waals surface area contributed by atoms with Gasteiger partial charge in [-0.15, -0.1) is 0 Å². The van der Waals surface area contributed by atoms with Gasteiger partial charge in [-0.05, 0) is 25.8 Å². The summed E-state index contributed by atoms with van der Waals surface area (Å²) in [6, 6.07) is 1.70. The predicted molar refractivity (Wildman–Crippen MR) is 131 cm³/mol. The lowest BCUT2D eigenvalue weighted by Gasteiger charge is -2.41. The van der Waals surface area contributed by atoms with E-state index in [9.17, 15) is 10.2 Å². The third-order valence-electron chi connectivity index (χ3n) is 7.05. The lowest BCUT2D eigenvalue weighted by atomic mass is 9.73. The van der Waals surface area contributed by atoms with Crippen LogP contribution < -0.4 is 15.4 Å². The van der Waals surface area contributed by atoms with Crippen molar-refractivity contribution < 1.29 is 19.7 Å². The number of fused-ring (bicyclic) bond motifs is 1. The van der Waals surface area contributed by atoms with Crippen molar-refractivity contribution in [3.05, 3.63) is 22.4 Å². The minimum atomic E-state index is -0.845. The first-order valence-corrected chi connectivity index (χ1v) is 12.2. The first-order valence-electron chi connectivity index (χ1n) is 11.4. The molecule has 2 fully saturated rings. The molecule has 0 aliphatic carbocycles. The molecule has 5 heterocycles. The van der Waals surface area contributed by atoms with Crippen LogP contribution in [0.4, 0.5) is 5.82 Å². The number of aliphatic hydroxyl groups excluding tert-OH is 2. The molecule has 188 valence electrons. The number of aliphatic hydroxyl groups is 2. The highest BCUT2D eigenvalue weighted by molar-refractivity contribution is 6.35. The summed E-state index contributed by atoms with van der Waals surface area (Å²) in [7, 11) is 0. The Morgan fingerprint density at radius 2 is 2.03 bits per heavy atom. The number of nitrogens with two attached hydrogens (primary N) is 1. The van der Waals surface area contributed by atoms with Crippen molar-refractivity contribution in [3.63, 3.8) is 0 Å². The van der Waals surface area contributed by atoms with Gasteiger partial charge in [0.15, 0.2) is 11.0 Å². The molecule has 2 aliphatic heterocycles. The second-order valence-corrected chi connectivity index (χ2v) is 9.82. The quantitative estimate of drug-likeness (QED) is 0.375. The van der Waals surface area contributed by atoms with Gasteiger partial charge in [0, 0.05) is 36.3 Å². The Morgan fingerprint density at radius 1 is 1.29 bits per heavy atom. The highest BCUT2D eigenvalue weighted by atomic mass is 35.5. The number of nitrogens with zero attached hydrogens (tertiary/aromatic N) is 5. The van der Waals surface area contributed by atoms with E-state index in [-0.39, 0.29) is 46.8 Å². The topological polar surface area (TPSA) is 156 Å². The summed E-state index contributed by atoms with van der Waals surface area (Å²) in [4.78, 5) is 15.5. The van der Waals surface area contributed by atoms with Crippen molar-refractivity contribution in [3.8, 4) is 17.1 Å². The third-order valence-corrected chi connectivity index (χ3v) is 7.66. The molecular formula is C22H27Cl2N7O4. The number of pyridine rings is 1. The minimum Gasteiger partial charge on any atom is -0.468 e. The molecule has 2 atom stereocenters. The number of piperidine rings is 1. The zero-order valence-corrected chi connectivity index (χ0v) is 20.6. The van der Waals surface area contributed by atoms with E-state index in [1.165, 1.54) is 6.20 Å². The molecule has 0 bridgehead atoms. The molecule has 2 saturated heterocycles. The number of aromatic amines is 1. The Balaban J connectivity index is 1.41. The maximum Gasteiger partial charge on any atom is 0.233 e. The van der Waals surface area contributed by atoms with Crippen molar-refractivity contribution in [1.82, 2.24) is 25.1 Å². The summed E-state index contributed by atoms with van der Waals surface area (Å²) in [5.74, 6) is 0.646. The monoisotopic (exact) mass is 523 g/mol. The summed E-state index contributed by atoms with van der Waals surface area (Å²) < 4.78 is 11.3. The number of hydrogen-bond acceptors (Lipinski definition) is 10. The van der Waals surface area contributed by atoms with E-state index in [1.54, 1.807) is 6.07 Å². The van der Waals surface area contributed by atoms with Crippen LogP contribution in [-0.2, 0) is 4.74 Å². The summed E-state index contributed by atoms with van der Waals surface area (Å²) >= 11 is 13.1. The summed E-state index contributed by atoms with van der Waals surface area (Å²) in [5.41, 5.74) is 8.30. The van der Waals surface area contributed by atoms with Gasteiger partial charge in [-0.2, -0.15) is 5.10 Å². The Morgan fingerprint density at radius 3 is 2.69 bits per heavy atom. The average Bonchev–Trinajstić information content (AvgIpc) is 3.39. The Kier molecular flexibility index (Phi) is 6.73. The van der Waals surface area contributed by atoms with Crippen LogP contribution in [0.3, 0.4) is 0 Å². The zero-order chi connectivity index (χ0) is 24.7. The van der Waals surface area contributed by atoms with Crippen LogP contribution in [0.2, 0.25) is 10.2 Å². The first kappa shape index (κ1) is 24.4. The van der Waals surface area contributed by atoms with Gasteiger partial charge in [-0.1, -0.05) is 23.2 Å². The van der Waals surface area contributed by atoms with Gasteiger partial charge in [-0.25, -0.2) is 15.0 Å². The molecule has 3 aromatic heterocycles. The summed E-state index contributed by atoms with van der Waals surface area (Å²) in [5, 5.41) is 26.3. The standard InChI is InChI=1S/C22H27Cl2N7O4/c1-11-17(25)22(10-34-11)3-6-31(7-4-22)20-18(24)27-16-15(29-30-19(16)28-20)13-2-5-26-21(14(13)23)35-12(8-32)9-33/h2,5,11-12,17,32-33H,3-4,6-10,25H2,1H3,(H,28,29,30)/t11-,17+/m0/s1. The number of aromatic nitrogens is 5. The van der Waals surface area contributed by atoms with E-state index >= 15 is 0 Å². The smallest absolute Gasteiger partial charge is 0.233 e. The van der Waals surface area contributed by atoms with E-state index in [1.807, 2.05) is 6.92 Å². The number of nitrogens with one attached hydrogen (secondary N) is 1. The van der Waals surface area contributed by atoms with Crippen molar-refractivity contribution >= 4 is 40.2 Å². The Hall–Kier alpha value is -2.28. The second kappa shape index (κ2) is 9.64. The summed E-state index contributed by atoms with van der Waals surface area (Å²) in [6.45, 7) is 3.43. The molecule has 35 heavy (non-hydrogen) atoms. The largest absolute Gasteiger partial charge is 0.468 e. The number of H-pyrrole nitrogens is 1. The van der Waals surface area contributed by atoms with Gasteiger partial charge in [-0.3, -0.25) is 5.10 Å². The number of anilines is 1. The summed E-state index contributed by atoms with van der Waals surface area (Å²) in [6.07, 6.45) is 2.49. The van der Waals surface area contributed by atoms with Crippen molar-refractivity contribution in [1.29, 1.82) is 0 Å². The van der Waals surface area contributed by atoms with E-state index in [0.717, 1.165) is 25.9 Å². The van der Waals surface area contributed by atoms with Crippen molar-refractivity contribution in [2.24, 2.45) is 11.1 Å². The van der Waals surface area contributed by atoms with E-state index in [2.05, 4.69) is 25.1 Å². The molecule has 3 aromatic rings. The van der Waals surface area contributed by atoms with Gasteiger partial charge >= 0.3 is 0 Å². The second-order valence-electron chi connectivity index (χ2n) is 9.08. The maximum absolute atomic E-state index is 9.30. The normalized spacial score (nSPS) is 22.0. The molecule has 0 unspecified atom stereocenters. The molecule has 0 aromatic carbocycles. The van der Waals surface area contributed by atoms with Crippen LogP contribution in [0.25, 0.3) is 22.4 Å². The van der Waals surface area contributed by atoms with Gasteiger partial charge in [0.1, 0.15) is 16.6 Å². The van der Waals surface area contributed by atoms with Crippen molar-refractivity contribution in [2.45, 2.75) is 38.0 Å². The zero-order valence-electron chi connectivity index (χ0n) is 19.1. The van der Waals surface area contributed by atoms with Crippen LogP contribution in [0, 0.1) is 5.41 Å². The van der Waals surface area contributed by atoms with Crippen LogP contribution >= 0.6 is 23.2 Å². The van der Waals surface area contributed by atoms with Gasteiger partial charge in [0.2, 0.25) is 11.5 Å². The Bertz CT molecular complexity index is 1210. The van der Waals surface area contributed by atoms with Crippen LogP contribution in [0.5, 0.6) is 5.88 Å². The van der Waals surface area contributed by atoms with Gasteiger partial charge < -0.3 is 30.3 Å². The van der Waals surface area contributed by atoms with Crippen LogP contribution in [0.15, 0.2) is 12.3 Å². The molecule has 0 saturated carbocycles. The lowest BCUT2D eigenvalue weighted by Crippen LogP contribution is -2.50. The minimum absolute atomic E-state index is 0.0115. The predicted octanol–water partition coefficient (Wildman–Crippen LogP) is 1.79. The van der Waals surface area contributed by atoms with Crippen molar-refractivity contribution in [2.75, 3.05) is 37.8 Å². The maximum atomic E-state index is 9.30. The highest BCUT2D eigenvalue weighted by Crippen LogP contribution is 2.43. The first-order chi connectivity index (χ1) is 16.9. The van der Waals surface area contributed by atoms with E-state index < -0.39 is 6.10 Å². The SMILES string of the molecule is C[C@@H]1OCC2(CCN(c3nc4n[nH]c(-c5ccnc(OC(CO)CO)c5Cl)c4nc3Cl)CC2)[C@@H]1N. The molecule has 13 heteroatoms. The molecule has 2 aliphatic rings. The van der Waals surface area contributed by atoms with Gasteiger partial charge in [0.05, 0.1) is 31.6 Å². The van der Waals surface area contributed by atoms with E-state index in [4.69, 9.17) is 43.4 Å². The number of hydrogen-bond donors (Lipinski definition) is 4. The van der Waals surface area contributed by atoms with E-state index in [0.29, 0.717) is 34.8 Å². The van der Waals surface area contributed by atoms with Crippen LogP contribution in [-0.4, -0.2) is 86.5 Å². The number of halogens is 2. The molecule has 5 N–H and O–H groups in total. The number of ether oxygens (including phenoxy) is 2. The number of rotatable bonds is 6. The average molecular weight is 524 g/mol. The van der Waals surface area contributed by atoms with Gasteiger partial charge in [0.25, 0.3) is 0 Å². The fourth-order valence-electron chi connectivity index (χ4n) is 4.82. The molecule has 11 nitrogen and oxygen atoms in total. The molecule has 1 spiro atoms. The molecular weight excluding hydrogens is 497 g/mol. The highest BCUT2D eigenvalue weighted by Gasteiger charge is 2.47. The third kappa shape index (κ3) is 4.30. The molecule has 0 radical (unpaired) electrons. The lowest BCUT2D eigenvalue weighted by molar-refractivity contribution is 0.0598. The fraction of sp³-hybridized carbons (Fsp3) is 0.545.